The second-order valence-electron chi connectivity index (χ2n) is 8.50. The van der Waals surface area contributed by atoms with E-state index >= 15 is 0 Å². The second-order valence-corrected chi connectivity index (χ2v) is 8.50. The SMILES string of the molecule is Cc1cccc(-c2noc(-c3ccc(=O)n(CC(=O)N4CCN(c5ccccc5F)CC4)c3)n2)c1. The molecule has 1 amide bonds. The quantitative estimate of drug-likeness (QED) is 0.442. The second kappa shape index (κ2) is 9.54. The van der Waals surface area contributed by atoms with Crippen molar-refractivity contribution in [3.05, 3.63) is 88.6 Å². The zero-order valence-electron chi connectivity index (χ0n) is 19.2. The number of aryl methyl sites for hydroxylation is 1. The first-order valence-electron chi connectivity index (χ1n) is 11.4. The number of para-hydroxylation sites is 1. The van der Waals surface area contributed by atoms with Crippen LogP contribution in [0.1, 0.15) is 5.56 Å². The first-order valence-corrected chi connectivity index (χ1v) is 11.4. The largest absolute Gasteiger partial charge is 0.366 e. The minimum Gasteiger partial charge on any atom is -0.366 e. The van der Waals surface area contributed by atoms with E-state index < -0.39 is 0 Å². The highest BCUT2D eigenvalue weighted by Gasteiger charge is 2.23. The molecule has 0 unspecified atom stereocenters. The van der Waals surface area contributed by atoms with Gasteiger partial charge in [0.05, 0.1) is 11.3 Å². The van der Waals surface area contributed by atoms with Gasteiger partial charge in [-0.05, 0) is 31.2 Å². The predicted octanol–water partition coefficient (Wildman–Crippen LogP) is 3.36. The molecule has 1 fully saturated rings. The van der Waals surface area contributed by atoms with E-state index in [2.05, 4.69) is 10.1 Å². The molecule has 2 aromatic heterocycles. The summed E-state index contributed by atoms with van der Waals surface area (Å²) in [6, 6.07) is 17.4. The minimum atomic E-state index is -0.300. The highest BCUT2D eigenvalue weighted by molar-refractivity contribution is 5.76. The number of carbonyl (C=O) groups excluding carboxylic acids is 1. The van der Waals surface area contributed by atoms with Crippen molar-refractivity contribution in [2.75, 3.05) is 31.1 Å². The van der Waals surface area contributed by atoms with Crippen LogP contribution >= 0.6 is 0 Å². The molecule has 0 aliphatic carbocycles. The van der Waals surface area contributed by atoms with Crippen LogP contribution in [0.3, 0.4) is 0 Å². The summed E-state index contributed by atoms with van der Waals surface area (Å²) in [6.45, 7) is 3.81. The Morgan fingerprint density at radius 3 is 2.57 bits per heavy atom. The molecular weight excluding hydrogens is 449 g/mol. The Labute approximate surface area is 201 Å². The van der Waals surface area contributed by atoms with E-state index in [0.717, 1.165) is 11.1 Å². The molecular formula is C26H24FN5O3. The summed E-state index contributed by atoms with van der Waals surface area (Å²) in [5, 5.41) is 4.05. The Morgan fingerprint density at radius 1 is 1.00 bits per heavy atom. The maximum Gasteiger partial charge on any atom is 0.259 e. The van der Waals surface area contributed by atoms with E-state index in [1.165, 1.54) is 16.7 Å². The van der Waals surface area contributed by atoms with Crippen molar-refractivity contribution < 1.29 is 13.7 Å². The van der Waals surface area contributed by atoms with Gasteiger partial charge < -0.3 is 18.9 Å². The Morgan fingerprint density at radius 2 is 1.80 bits per heavy atom. The molecule has 3 heterocycles. The van der Waals surface area contributed by atoms with Gasteiger partial charge in [-0.25, -0.2) is 4.39 Å². The molecule has 0 spiro atoms. The smallest absolute Gasteiger partial charge is 0.259 e. The number of amides is 1. The number of rotatable bonds is 5. The van der Waals surface area contributed by atoms with E-state index in [4.69, 9.17) is 4.52 Å². The van der Waals surface area contributed by atoms with Crippen molar-refractivity contribution in [3.63, 3.8) is 0 Å². The molecule has 1 aliphatic heterocycles. The van der Waals surface area contributed by atoms with Gasteiger partial charge in [0.2, 0.25) is 11.7 Å². The number of hydrogen-bond acceptors (Lipinski definition) is 6. The van der Waals surface area contributed by atoms with Crippen LogP contribution in [-0.4, -0.2) is 51.7 Å². The topological polar surface area (TPSA) is 84.5 Å². The third-order valence-corrected chi connectivity index (χ3v) is 6.06. The van der Waals surface area contributed by atoms with Gasteiger partial charge in [-0.15, -0.1) is 0 Å². The molecule has 0 bridgehead atoms. The fourth-order valence-corrected chi connectivity index (χ4v) is 4.17. The van der Waals surface area contributed by atoms with Crippen LogP contribution in [0, 0.1) is 12.7 Å². The van der Waals surface area contributed by atoms with Crippen LogP contribution in [0.5, 0.6) is 0 Å². The van der Waals surface area contributed by atoms with Crippen LogP contribution in [0.25, 0.3) is 22.8 Å². The van der Waals surface area contributed by atoms with E-state index in [9.17, 15) is 14.0 Å². The Hall–Kier alpha value is -4.27. The molecule has 0 saturated carbocycles. The average molecular weight is 474 g/mol. The first-order chi connectivity index (χ1) is 17.0. The summed E-state index contributed by atoms with van der Waals surface area (Å²) in [7, 11) is 0. The number of benzene rings is 2. The Bertz CT molecular complexity index is 1420. The summed E-state index contributed by atoms with van der Waals surface area (Å²) in [6.07, 6.45) is 1.56. The maximum atomic E-state index is 14.1. The number of piperazine rings is 1. The van der Waals surface area contributed by atoms with Crippen molar-refractivity contribution in [2.24, 2.45) is 0 Å². The summed E-state index contributed by atoms with van der Waals surface area (Å²) in [4.78, 5) is 33.4. The zero-order chi connectivity index (χ0) is 24.4. The van der Waals surface area contributed by atoms with Crippen LogP contribution in [0.2, 0.25) is 0 Å². The van der Waals surface area contributed by atoms with Crippen LogP contribution in [0.15, 0.2) is 76.2 Å². The molecule has 9 heteroatoms. The van der Waals surface area contributed by atoms with Gasteiger partial charge >= 0.3 is 0 Å². The minimum absolute atomic E-state index is 0.106. The summed E-state index contributed by atoms with van der Waals surface area (Å²) < 4.78 is 20.8. The van der Waals surface area contributed by atoms with E-state index in [0.29, 0.717) is 43.3 Å². The molecule has 0 atom stereocenters. The third kappa shape index (κ3) is 4.84. The number of hydrogen-bond donors (Lipinski definition) is 0. The van der Waals surface area contributed by atoms with E-state index in [-0.39, 0.29) is 29.7 Å². The zero-order valence-corrected chi connectivity index (χ0v) is 19.2. The number of anilines is 1. The predicted molar refractivity (Wildman–Crippen MR) is 129 cm³/mol. The van der Waals surface area contributed by atoms with Gasteiger partial charge in [0.25, 0.3) is 11.4 Å². The van der Waals surface area contributed by atoms with Crippen molar-refractivity contribution >= 4 is 11.6 Å². The van der Waals surface area contributed by atoms with Crippen LogP contribution < -0.4 is 10.5 Å². The van der Waals surface area contributed by atoms with Gasteiger partial charge in [-0.1, -0.05) is 41.1 Å². The lowest BCUT2D eigenvalue weighted by Crippen LogP contribution is -2.50. The lowest BCUT2D eigenvalue weighted by molar-refractivity contribution is -0.132. The van der Waals surface area contributed by atoms with Crippen molar-refractivity contribution in [1.29, 1.82) is 0 Å². The Balaban J connectivity index is 1.27. The molecule has 1 aliphatic rings. The number of nitrogens with zero attached hydrogens (tertiary/aromatic N) is 5. The highest BCUT2D eigenvalue weighted by atomic mass is 19.1. The molecule has 1 saturated heterocycles. The fourth-order valence-electron chi connectivity index (χ4n) is 4.17. The van der Waals surface area contributed by atoms with E-state index in [1.54, 1.807) is 35.4 Å². The highest BCUT2D eigenvalue weighted by Crippen LogP contribution is 2.23. The lowest BCUT2D eigenvalue weighted by Gasteiger charge is -2.36. The molecule has 5 rings (SSSR count). The molecule has 8 nitrogen and oxygen atoms in total. The van der Waals surface area contributed by atoms with Gasteiger partial charge in [-0.2, -0.15) is 4.98 Å². The third-order valence-electron chi connectivity index (χ3n) is 6.06. The normalized spacial score (nSPS) is 13.8. The fraction of sp³-hybridized carbons (Fsp3) is 0.231. The summed E-state index contributed by atoms with van der Waals surface area (Å²) in [5.41, 5.74) is 2.69. The number of halogens is 1. The number of aromatic nitrogens is 3. The molecule has 0 N–H and O–H groups in total. The van der Waals surface area contributed by atoms with Crippen molar-refractivity contribution in [3.8, 4) is 22.8 Å². The lowest BCUT2D eigenvalue weighted by atomic mass is 10.1. The van der Waals surface area contributed by atoms with Gasteiger partial charge in [-0.3, -0.25) is 9.59 Å². The standard InChI is InChI=1S/C26H24FN5O3/c1-18-5-4-6-19(15-18)25-28-26(35-29-25)20-9-10-23(33)32(16-20)17-24(34)31-13-11-30(12-14-31)22-8-3-2-7-21(22)27/h2-10,15-16H,11-14,17H2,1H3. The summed E-state index contributed by atoms with van der Waals surface area (Å²) in [5.74, 6) is 0.261. The molecule has 4 aromatic rings. The summed E-state index contributed by atoms with van der Waals surface area (Å²) >= 11 is 0. The van der Waals surface area contributed by atoms with Crippen molar-refractivity contribution in [1.82, 2.24) is 19.6 Å². The van der Waals surface area contributed by atoms with Gasteiger partial charge in [0.15, 0.2) is 0 Å². The number of pyridine rings is 1. The number of carbonyl (C=O) groups is 1. The molecule has 35 heavy (non-hydrogen) atoms. The average Bonchev–Trinajstić information content (AvgIpc) is 3.36. The molecule has 2 aromatic carbocycles. The maximum absolute atomic E-state index is 14.1. The van der Waals surface area contributed by atoms with Gasteiger partial charge in [0.1, 0.15) is 12.4 Å². The van der Waals surface area contributed by atoms with Crippen molar-refractivity contribution in [2.45, 2.75) is 13.5 Å². The molecule has 178 valence electrons. The Kier molecular flexibility index (Phi) is 6.13. The van der Waals surface area contributed by atoms with Gasteiger partial charge in [0, 0.05) is 44.0 Å². The van der Waals surface area contributed by atoms with Crippen LogP contribution in [-0.2, 0) is 11.3 Å². The monoisotopic (exact) mass is 473 g/mol. The first kappa shape index (κ1) is 22.5. The van der Waals surface area contributed by atoms with E-state index in [1.807, 2.05) is 36.1 Å². The van der Waals surface area contributed by atoms with Crippen LogP contribution in [0.4, 0.5) is 10.1 Å². The molecule has 0 radical (unpaired) electrons.